The highest BCUT2D eigenvalue weighted by molar-refractivity contribution is 8.14. The quantitative estimate of drug-likeness (QED) is 0.290. The highest BCUT2D eigenvalue weighted by Crippen LogP contribution is 2.34. The molecule has 0 aliphatic carbocycles. The Morgan fingerprint density at radius 3 is 2.44 bits per heavy atom. The third-order valence-electron chi connectivity index (χ3n) is 6.44. The largest absolute Gasteiger partial charge is 0.445 e. The number of nitrogens with zero attached hydrogens (tertiary/aromatic N) is 3. The van der Waals surface area contributed by atoms with Crippen molar-refractivity contribution in [1.82, 2.24) is 15.1 Å². The van der Waals surface area contributed by atoms with Gasteiger partial charge in [0.2, 0.25) is 11.8 Å². The molecule has 2 saturated heterocycles. The molecule has 2 heterocycles. The van der Waals surface area contributed by atoms with Gasteiger partial charge < -0.3 is 20.1 Å². The minimum atomic E-state index is -0.876. The number of carbonyl (C=O) groups is 4. The van der Waals surface area contributed by atoms with Crippen LogP contribution in [0.15, 0.2) is 24.3 Å². The number of rotatable bonds is 8. The molecule has 12 nitrogen and oxygen atoms in total. The molecule has 0 radical (unpaired) electrons. The Kier molecular flexibility index (Phi) is 8.56. The maximum Gasteiger partial charge on any atom is 0.410 e. The molecule has 2 fully saturated rings. The van der Waals surface area contributed by atoms with Gasteiger partial charge in [-0.2, -0.15) is 0 Å². The topological polar surface area (TPSA) is 159 Å². The lowest BCUT2D eigenvalue weighted by Crippen LogP contribution is -2.65. The molecule has 5 unspecified atom stereocenters. The number of β-lactam (4-membered cyclic amide) rings is 1. The van der Waals surface area contributed by atoms with Crippen LogP contribution >= 0.6 is 11.8 Å². The number of nitrogens with one attached hydrogen (secondary N) is 1. The van der Waals surface area contributed by atoms with Crippen LogP contribution in [0.4, 0.5) is 10.5 Å². The van der Waals surface area contributed by atoms with Gasteiger partial charge in [-0.25, -0.2) is 4.79 Å². The van der Waals surface area contributed by atoms with Crippen molar-refractivity contribution in [2.24, 2.45) is 11.8 Å². The van der Waals surface area contributed by atoms with Gasteiger partial charge in [0.25, 0.3) is 5.69 Å². The third-order valence-corrected chi connectivity index (χ3v) is 7.72. The van der Waals surface area contributed by atoms with Gasteiger partial charge in [0.05, 0.1) is 23.0 Å². The smallest absolute Gasteiger partial charge is 0.410 e. The van der Waals surface area contributed by atoms with Gasteiger partial charge in [0, 0.05) is 43.9 Å². The van der Waals surface area contributed by atoms with E-state index >= 15 is 0 Å². The molecule has 196 valence electrons. The van der Waals surface area contributed by atoms with Crippen LogP contribution in [0, 0.1) is 22.0 Å². The number of non-ortho nitro benzene ring substituents is 1. The lowest BCUT2D eigenvalue weighted by Gasteiger charge is -2.41. The predicted octanol–water partition coefficient (Wildman–Crippen LogP) is 1.15. The van der Waals surface area contributed by atoms with Crippen molar-refractivity contribution < 1.29 is 33.9 Å². The molecule has 3 rings (SSSR count). The molecule has 0 saturated carbocycles. The minimum Gasteiger partial charge on any atom is -0.445 e. The summed E-state index contributed by atoms with van der Waals surface area (Å²) < 4.78 is 5.37. The van der Waals surface area contributed by atoms with Crippen molar-refractivity contribution in [3.63, 3.8) is 0 Å². The van der Waals surface area contributed by atoms with E-state index in [0.29, 0.717) is 5.56 Å². The fourth-order valence-electron chi connectivity index (χ4n) is 4.35. The fourth-order valence-corrected chi connectivity index (χ4v) is 5.55. The molecule has 6 atom stereocenters. The molecule has 0 bridgehead atoms. The number of hydrogen-bond donors (Lipinski definition) is 2. The summed E-state index contributed by atoms with van der Waals surface area (Å²) in [6, 6.07) is 4.30. The van der Waals surface area contributed by atoms with Crippen molar-refractivity contribution >= 4 is 40.5 Å². The molecular formula is C23H30N4O8S. The Hall–Kier alpha value is -3.19. The van der Waals surface area contributed by atoms with Crippen molar-refractivity contribution in [3.8, 4) is 0 Å². The predicted molar refractivity (Wildman–Crippen MR) is 130 cm³/mol. The third kappa shape index (κ3) is 5.95. The highest BCUT2D eigenvalue weighted by atomic mass is 32.2. The van der Waals surface area contributed by atoms with E-state index in [2.05, 4.69) is 5.32 Å². The number of likely N-dealkylation sites (tertiary alicyclic amines) is 1. The van der Waals surface area contributed by atoms with Crippen LogP contribution in [0.5, 0.6) is 0 Å². The highest BCUT2D eigenvalue weighted by Gasteiger charge is 2.48. The van der Waals surface area contributed by atoms with E-state index in [1.54, 1.807) is 21.0 Å². The monoisotopic (exact) mass is 522 g/mol. The Morgan fingerprint density at radius 1 is 1.28 bits per heavy atom. The normalized spacial score (nSPS) is 24.8. The van der Waals surface area contributed by atoms with E-state index in [1.807, 2.05) is 0 Å². The number of carbonyl (C=O) groups excluding carboxylic acids is 4. The van der Waals surface area contributed by atoms with Crippen molar-refractivity contribution in [2.45, 2.75) is 50.3 Å². The summed E-state index contributed by atoms with van der Waals surface area (Å²) in [6.07, 6.45) is -1.35. The fraction of sp³-hybridized carbons (Fsp3) is 0.565. The second-order valence-corrected chi connectivity index (χ2v) is 10.6. The van der Waals surface area contributed by atoms with Crippen molar-refractivity contribution in [1.29, 1.82) is 0 Å². The van der Waals surface area contributed by atoms with E-state index in [4.69, 9.17) is 4.74 Å². The first-order valence-corrected chi connectivity index (χ1v) is 12.4. The summed E-state index contributed by atoms with van der Waals surface area (Å²) in [5.74, 6) is -1.80. The number of hydrogen-bond acceptors (Lipinski definition) is 9. The maximum atomic E-state index is 12.9. The lowest BCUT2D eigenvalue weighted by molar-refractivity contribution is -0.384. The molecule has 1 aromatic rings. The van der Waals surface area contributed by atoms with Gasteiger partial charge in [-0.05, 0) is 31.0 Å². The van der Waals surface area contributed by atoms with Crippen molar-refractivity contribution in [2.75, 3.05) is 20.6 Å². The summed E-state index contributed by atoms with van der Waals surface area (Å²) in [4.78, 5) is 63.2. The van der Waals surface area contributed by atoms with Crippen LogP contribution in [0.3, 0.4) is 0 Å². The number of amides is 3. The van der Waals surface area contributed by atoms with E-state index < -0.39 is 41.0 Å². The Labute approximate surface area is 212 Å². The molecule has 0 spiro atoms. The van der Waals surface area contributed by atoms with Crippen LogP contribution < -0.4 is 5.32 Å². The summed E-state index contributed by atoms with van der Waals surface area (Å²) in [5, 5.41) is 22.7. The first-order chi connectivity index (χ1) is 16.9. The molecule has 2 N–H and O–H groups in total. The summed E-state index contributed by atoms with van der Waals surface area (Å²) in [6.45, 7) is 3.17. The van der Waals surface area contributed by atoms with Crippen molar-refractivity contribution in [3.05, 3.63) is 39.9 Å². The van der Waals surface area contributed by atoms with E-state index in [1.165, 1.54) is 41.0 Å². The van der Waals surface area contributed by atoms with Crippen LogP contribution in [0.2, 0.25) is 0 Å². The number of benzene rings is 1. The molecule has 1 aromatic carbocycles. The average Bonchev–Trinajstić information content (AvgIpc) is 3.23. The summed E-state index contributed by atoms with van der Waals surface area (Å²) in [5.41, 5.74) is 0.468. The summed E-state index contributed by atoms with van der Waals surface area (Å²) >= 11 is 1.02. The van der Waals surface area contributed by atoms with Crippen LogP contribution in [-0.2, 0) is 25.7 Å². The number of aliphatic hydroxyl groups excluding tert-OH is 1. The molecule has 0 aromatic heterocycles. The van der Waals surface area contributed by atoms with Gasteiger partial charge in [-0.15, -0.1) is 0 Å². The molecule has 3 amide bonds. The zero-order chi connectivity index (χ0) is 26.7. The zero-order valence-corrected chi connectivity index (χ0v) is 21.3. The van der Waals surface area contributed by atoms with Gasteiger partial charge in [0.15, 0.2) is 5.12 Å². The van der Waals surface area contributed by atoms with Crippen LogP contribution in [-0.4, -0.2) is 86.9 Å². The number of nitro benzene ring substituents is 1. The molecule has 2 aliphatic rings. The maximum absolute atomic E-state index is 12.9. The standard InChI is InChI=1S/C23H30N4O8S/c1-12(19-18(13(2)28)20(29)24-19)22(31)36-16-9-17(21(30)25(3)4)26(10-16)23(32)35-11-14-5-7-15(8-6-14)27(33)34/h5-8,12-13,16-19,28H,9-11H2,1-4H3,(H,24,29)/t12-,13?,16?,17?,18?,19?/m1/s1. The van der Waals surface area contributed by atoms with Crippen LogP contribution in [0.25, 0.3) is 0 Å². The first kappa shape index (κ1) is 27.4. The van der Waals surface area contributed by atoms with Gasteiger partial charge in [0.1, 0.15) is 12.6 Å². The van der Waals surface area contributed by atoms with Gasteiger partial charge in [-0.1, -0.05) is 18.7 Å². The molecule has 36 heavy (non-hydrogen) atoms. The second-order valence-electron chi connectivity index (χ2n) is 9.26. The lowest BCUT2D eigenvalue weighted by atomic mass is 9.79. The summed E-state index contributed by atoms with van der Waals surface area (Å²) in [7, 11) is 3.15. The molecule has 13 heteroatoms. The Bertz CT molecular complexity index is 1030. The van der Waals surface area contributed by atoms with E-state index in [-0.39, 0.29) is 47.4 Å². The van der Waals surface area contributed by atoms with E-state index in [9.17, 15) is 34.4 Å². The second kappa shape index (κ2) is 11.2. The zero-order valence-electron chi connectivity index (χ0n) is 20.4. The Balaban J connectivity index is 1.63. The van der Waals surface area contributed by atoms with E-state index in [0.717, 1.165) is 11.8 Å². The SMILES string of the molecule is CC(O)C1C(=O)NC1[C@@H](C)C(=O)SC1CC(C(=O)N(C)C)N(C(=O)OCc2ccc([N+](=O)[O-])cc2)C1. The number of likely N-dealkylation sites (N-methyl/N-ethyl adjacent to an activating group) is 1. The first-order valence-electron chi connectivity index (χ1n) is 11.5. The Morgan fingerprint density at radius 2 is 1.92 bits per heavy atom. The van der Waals surface area contributed by atoms with Crippen LogP contribution in [0.1, 0.15) is 25.8 Å². The van der Waals surface area contributed by atoms with Gasteiger partial charge in [-0.3, -0.25) is 29.4 Å². The molecular weight excluding hydrogens is 492 g/mol. The number of ether oxygens (including phenoxy) is 1. The minimum absolute atomic E-state index is 0.0822. The van der Waals surface area contributed by atoms with Gasteiger partial charge >= 0.3 is 6.09 Å². The number of nitro groups is 1. The molecule has 2 aliphatic heterocycles. The number of thioether (sulfide) groups is 1. The number of aliphatic hydroxyl groups is 1. The average molecular weight is 523 g/mol.